The van der Waals surface area contributed by atoms with Crippen LogP contribution in [0.5, 0.6) is 11.5 Å². The van der Waals surface area contributed by atoms with E-state index in [1.54, 1.807) is 19.2 Å². The first-order chi connectivity index (χ1) is 11.2. The molecule has 0 aliphatic carbocycles. The van der Waals surface area contributed by atoms with Crippen molar-refractivity contribution < 1.29 is 14.3 Å². The number of carbonyl (C=O) groups excluding carboxylic acids is 1. The van der Waals surface area contributed by atoms with E-state index >= 15 is 0 Å². The Hall–Kier alpha value is -2.60. The van der Waals surface area contributed by atoms with Crippen molar-refractivity contribution in [1.82, 2.24) is 4.98 Å². The van der Waals surface area contributed by atoms with Crippen LogP contribution < -0.4 is 14.8 Å². The minimum atomic E-state index is -0.246. The number of rotatable bonds is 5. The summed E-state index contributed by atoms with van der Waals surface area (Å²) in [7, 11) is 1.61. The van der Waals surface area contributed by atoms with Crippen LogP contribution in [-0.2, 0) is 4.79 Å². The molecule has 23 heavy (non-hydrogen) atoms. The summed E-state index contributed by atoms with van der Waals surface area (Å²) < 4.78 is 11.7. The molecule has 0 saturated carbocycles. The third-order valence-electron chi connectivity index (χ3n) is 3.28. The second kappa shape index (κ2) is 6.66. The lowest BCUT2D eigenvalue weighted by Gasteiger charge is -2.05. The molecule has 3 rings (SSSR count). The van der Waals surface area contributed by atoms with E-state index in [4.69, 9.17) is 9.47 Å². The normalized spacial score (nSPS) is 10.5. The number of methoxy groups -OCH3 is 1. The molecule has 1 heterocycles. The van der Waals surface area contributed by atoms with Gasteiger partial charge in [0.05, 0.1) is 11.8 Å². The molecule has 0 spiro atoms. The average molecular weight is 328 g/mol. The van der Waals surface area contributed by atoms with Crippen molar-refractivity contribution >= 4 is 32.6 Å². The van der Waals surface area contributed by atoms with E-state index in [1.807, 2.05) is 37.3 Å². The van der Waals surface area contributed by atoms with Gasteiger partial charge in [0.2, 0.25) is 0 Å². The van der Waals surface area contributed by atoms with Crippen molar-refractivity contribution in [3.05, 3.63) is 48.0 Å². The fourth-order valence-corrected chi connectivity index (χ4v) is 3.12. The van der Waals surface area contributed by atoms with Gasteiger partial charge in [-0.05, 0) is 30.7 Å². The lowest BCUT2D eigenvalue weighted by Crippen LogP contribution is -2.19. The highest BCUT2D eigenvalue weighted by Crippen LogP contribution is 2.34. The molecule has 5 nitrogen and oxygen atoms in total. The minimum Gasteiger partial charge on any atom is -0.494 e. The molecule has 0 bridgehead atoms. The summed E-state index contributed by atoms with van der Waals surface area (Å²) in [5.41, 5.74) is 1.86. The molecule has 118 valence electrons. The number of thiazole rings is 1. The van der Waals surface area contributed by atoms with Gasteiger partial charge in [0.25, 0.3) is 5.91 Å². The zero-order valence-electron chi connectivity index (χ0n) is 12.8. The molecule has 0 aliphatic heterocycles. The van der Waals surface area contributed by atoms with Crippen molar-refractivity contribution in [3.8, 4) is 11.5 Å². The van der Waals surface area contributed by atoms with Gasteiger partial charge >= 0.3 is 0 Å². The molecule has 1 aromatic heterocycles. The first-order valence-electron chi connectivity index (χ1n) is 7.09. The van der Waals surface area contributed by atoms with Crippen LogP contribution >= 0.6 is 11.3 Å². The fourth-order valence-electron chi connectivity index (χ4n) is 2.15. The molecule has 6 heteroatoms. The predicted molar refractivity (Wildman–Crippen MR) is 91.5 cm³/mol. The molecule has 1 amide bonds. The Morgan fingerprint density at radius 1 is 1.22 bits per heavy atom. The van der Waals surface area contributed by atoms with E-state index in [0.717, 1.165) is 15.8 Å². The summed E-state index contributed by atoms with van der Waals surface area (Å²) in [6.45, 7) is 1.94. The number of carbonyl (C=O) groups is 1. The molecular formula is C17H16N2O3S. The van der Waals surface area contributed by atoms with Crippen LogP contribution in [0.4, 0.5) is 5.13 Å². The van der Waals surface area contributed by atoms with E-state index in [0.29, 0.717) is 16.6 Å². The predicted octanol–water partition coefficient (Wildman–Crippen LogP) is 3.63. The molecule has 1 N–H and O–H groups in total. The topological polar surface area (TPSA) is 60.5 Å². The van der Waals surface area contributed by atoms with Gasteiger partial charge in [-0.2, -0.15) is 0 Å². The van der Waals surface area contributed by atoms with Crippen LogP contribution in [0.3, 0.4) is 0 Å². The number of benzene rings is 2. The van der Waals surface area contributed by atoms with Crippen molar-refractivity contribution in [2.45, 2.75) is 6.92 Å². The number of fused-ring (bicyclic) bond motifs is 1. The highest BCUT2D eigenvalue weighted by atomic mass is 32.1. The first kappa shape index (κ1) is 15.3. The monoisotopic (exact) mass is 328 g/mol. The SMILES string of the molecule is COc1ccc(C)c2sc(NC(=O)COc3ccccc3)nc12. The van der Waals surface area contributed by atoms with Gasteiger partial charge in [0.1, 0.15) is 17.0 Å². The van der Waals surface area contributed by atoms with Gasteiger partial charge in [-0.25, -0.2) is 4.98 Å². The van der Waals surface area contributed by atoms with Crippen LogP contribution in [0.2, 0.25) is 0 Å². The quantitative estimate of drug-likeness (QED) is 0.777. The van der Waals surface area contributed by atoms with Gasteiger partial charge in [-0.15, -0.1) is 0 Å². The molecular weight excluding hydrogens is 312 g/mol. The van der Waals surface area contributed by atoms with E-state index < -0.39 is 0 Å². The number of aromatic nitrogens is 1. The Kier molecular flexibility index (Phi) is 4.43. The number of aryl methyl sites for hydroxylation is 1. The lowest BCUT2D eigenvalue weighted by atomic mass is 10.2. The van der Waals surface area contributed by atoms with Gasteiger partial charge in [0.15, 0.2) is 11.7 Å². The number of hydrogen-bond acceptors (Lipinski definition) is 5. The van der Waals surface area contributed by atoms with E-state index in [9.17, 15) is 4.79 Å². The molecule has 0 fully saturated rings. The molecule has 0 radical (unpaired) electrons. The maximum absolute atomic E-state index is 12.0. The van der Waals surface area contributed by atoms with E-state index in [1.165, 1.54) is 11.3 Å². The zero-order chi connectivity index (χ0) is 16.2. The summed E-state index contributed by atoms with van der Waals surface area (Å²) in [6, 6.07) is 13.1. The van der Waals surface area contributed by atoms with Crippen LogP contribution in [0.15, 0.2) is 42.5 Å². The molecule has 3 aromatic rings. The first-order valence-corrected chi connectivity index (χ1v) is 7.91. The number of nitrogens with zero attached hydrogens (tertiary/aromatic N) is 1. The summed E-state index contributed by atoms with van der Waals surface area (Å²) in [4.78, 5) is 16.4. The number of amides is 1. The molecule has 0 saturated heterocycles. The Bertz CT molecular complexity index is 830. The molecule has 0 atom stereocenters. The molecule has 0 aliphatic rings. The molecule has 2 aromatic carbocycles. The summed E-state index contributed by atoms with van der Waals surface area (Å²) in [5, 5.41) is 3.30. The van der Waals surface area contributed by atoms with E-state index in [-0.39, 0.29) is 12.5 Å². The van der Waals surface area contributed by atoms with Gasteiger partial charge in [-0.1, -0.05) is 35.6 Å². The lowest BCUT2D eigenvalue weighted by molar-refractivity contribution is -0.118. The maximum atomic E-state index is 12.0. The summed E-state index contributed by atoms with van der Waals surface area (Å²) in [5.74, 6) is 1.11. The largest absolute Gasteiger partial charge is 0.494 e. The van der Waals surface area contributed by atoms with Crippen LogP contribution in [0, 0.1) is 6.92 Å². The van der Waals surface area contributed by atoms with Crippen LogP contribution in [0.1, 0.15) is 5.56 Å². The second-order valence-electron chi connectivity index (χ2n) is 4.93. The van der Waals surface area contributed by atoms with Gasteiger partial charge < -0.3 is 9.47 Å². The number of para-hydroxylation sites is 1. The van der Waals surface area contributed by atoms with Gasteiger partial charge in [-0.3, -0.25) is 10.1 Å². The smallest absolute Gasteiger partial charge is 0.264 e. The number of hydrogen-bond donors (Lipinski definition) is 1. The highest BCUT2D eigenvalue weighted by molar-refractivity contribution is 7.22. The Balaban J connectivity index is 1.71. The number of ether oxygens (including phenoxy) is 2. The highest BCUT2D eigenvalue weighted by Gasteiger charge is 2.13. The number of nitrogens with one attached hydrogen (secondary N) is 1. The summed E-state index contributed by atoms with van der Waals surface area (Å²) >= 11 is 1.42. The maximum Gasteiger partial charge on any atom is 0.264 e. The number of anilines is 1. The Morgan fingerprint density at radius 2 is 2.00 bits per heavy atom. The standard InChI is InChI=1S/C17H16N2O3S/c1-11-8-9-13(21-2)15-16(11)23-17(19-15)18-14(20)10-22-12-6-4-3-5-7-12/h3-9H,10H2,1-2H3,(H,18,19,20). The minimum absolute atomic E-state index is 0.0595. The average Bonchev–Trinajstić information content (AvgIpc) is 2.99. The van der Waals surface area contributed by atoms with Crippen molar-refractivity contribution in [2.75, 3.05) is 19.0 Å². The third kappa shape index (κ3) is 3.43. The van der Waals surface area contributed by atoms with Crippen molar-refractivity contribution in [2.24, 2.45) is 0 Å². The fraction of sp³-hybridized carbons (Fsp3) is 0.176. The van der Waals surface area contributed by atoms with Gasteiger partial charge in [0, 0.05) is 0 Å². The van der Waals surface area contributed by atoms with Crippen molar-refractivity contribution in [3.63, 3.8) is 0 Å². The zero-order valence-corrected chi connectivity index (χ0v) is 13.6. The van der Waals surface area contributed by atoms with E-state index in [2.05, 4.69) is 10.3 Å². The third-order valence-corrected chi connectivity index (χ3v) is 4.39. The van der Waals surface area contributed by atoms with Crippen molar-refractivity contribution in [1.29, 1.82) is 0 Å². The van der Waals surface area contributed by atoms with Crippen LogP contribution in [0.25, 0.3) is 10.2 Å². The Morgan fingerprint density at radius 3 is 2.74 bits per heavy atom. The van der Waals surface area contributed by atoms with Crippen LogP contribution in [-0.4, -0.2) is 24.6 Å². The molecule has 0 unspecified atom stereocenters. The second-order valence-corrected chi connectivity index (χ2v) is 5.93. The summed E-state index contributed by atoms with van der Waals surface area (Å²) in [6.07, 6.45) is 0. The Labute approximate surface area is 137 Å².